The van der Waals surface area contributed by atoms with Gasteiger partial charge < -0.3 is 29.8 Å². The molecule has 0 fully saturated rings. The van der Waals surface area contributed by atoms with E-state index in [0.717, 1.165) is 0 Å². The van der Waals surface area contributed by atoms with Gasteiger partial charge in [-0.1, -0.05) is 65.7 Å². The van der Waals surface area contributed by atoms with Crippen molar-refractivity contribution < 1.29 is 34.1 Å². The quantitative estimate of drug-likeness (QED) is 0.129. The summed E-state index contributed by atoms with van der Waals surface area (Å²) in [7, 11) is 0. The Labute approximate surface area is 241 Å². The van der Waals surface area contributed by atoms with E-state index in [1.807, 2.05) is 60.7 Å². The first kappa shape index (κ1) is 33.9. The number of allylic oxidation sites excluding steroid dienone is 4. The van der Waals surface area contributed by atoms with E-state index in [-0.39, 0.29) is 45.0 Å². The van der Waals surface area contributed by atoms with Crippen LogP contribution in [0.25, 0.3) is 0 Å². The Morgan fingerprint density at radius 3 is 1.31 bits per heavy atom. The molecule has 0 heterocycles. The summed E-state index contributed by atoms with van der Waals surface area (Å²) < 4.78 is 0. The van der Waals surface area contributed by atoms with E-state index in [1.165, 1.54) is 11.1 Å². The van der Waals surface area contributed by atoms with E-state index >= 15 is 0 Å². The molecule has 2 atom stereocenters. The minimum Gasteiger partial charge on any atom is -0.748 e. The van der Waals surface area contributed by atoms with Gasteiger partial charge in [0.15, 0.2) is 0 Å². The van der Waals surface area contributed by atoms with Crippen molar-refractivity contribution in [3.63, 3.8) is 0 Å². The molecule has 202 valence electrons. The third kappa shape index (κ3) is 14.5. The predicted octanol–water partition coefficient (Wildman–Crippen LogP) is 10.0. The van der Waals surface area contributed by atoms with E-state index in [2.05, 4.69) is 114 Å². The van der Waals surface area contributed by atoms with Crippen LogP contribution in [0.5, 0.6) is 0 Å². The molecule has 0 saturated heterocycles. The number of rotatable bonds is 5. The molecule has 36 heavy (non-hydrogen) atoms. The zero-order valence-corrected chi connectivity index (χ0v) is 24.8. The molecule has 2 heteroatoms. The Morgan fingerprint density at radius 1 is 0.583 bits per heavy atom. The standard InChI is InChI=1S/C24H32.2C5H5.2Fe/c1-23(2,3)17-15-21(19-11-7-8-12-19)22(16-18-24(4,5)6)20-13-9-10-14-20;2*1-2-4-5-3-1;;/h7-18,21-22H,1-6H3;2*1-5H;;/q-6;2*-1;;. The summed E-state index contributed by atoms with van der Waals surface area (Å²) in [6.45, 7) is 13.5. The number of hydrogen-bond acceptors (Lipinski definition) is 0. The molecule has 0 spiro atoms. The molecular weight excluding hydrogens is 520 g/mol. The summed E-state index contributed by atoms with van der Waals surface area (Å²) in [4.78, 5) is 0. The molecular formula is C34H42Fe2-8. The maximum absolute atomic E-state index is 2.40. The molecule has 0 N–H and O–H groups in total. The van der Waals surface area contributed by atoms with E-state index in [9.17, 15) is 0 Å². The Bertz CT molecular complexity index is 877. The van der Waals surface area contributed by atoms with Crippen LogP contribution in [0.1, 0.15) is 64.5 Å². The van der Waals surface area contributed by atoms with Gasteiger partial charge in [0.25, 0.3) is 0 Å². The maximum atomic E-state index is 2.40. The van der Waals surface area contributed by atoms with Gasteiger partial charge in [0.2, 0.25) is 0 Å². The van der Waals surface area contributed by atoms with E-state index in [4.69, 9.17) is 0 Å². The van der Waals surface area contributed by atoms with Crippen LogP contribution in [0.4, 0.5) is 0 Å². The van der Waals surface area contributed by atoms with Crippen molar-refractivity contribution in [2.45, 2.75) is 53.4 Å². The van der Waals surface area contributed by atoms with Crippen LogP contribution >= 0.6 is 0 Å². The second-order valence-corrected chi connectivity index (χ2v) is 10.9. The van der Waals surface area contributed by atoms with Crippen molar-refractivity contribution >= 4 is 0 Å². The summed E-state index contributed by atoms with van der Waals surface area (Å²) in [5.41, 5.74) is 3.16. The van der Waals surface area contributed by atoms with Gasteiger partial charge in [-0.25, -0.2) is 36.4 Å². The van der Waals surface area contributed by atoms with Crippen LogP contribution in [0, 0.1) is 10.8 Å². The smallest absolute Gasteiger partial charge is 0 e. The molecule has 0 bridgehead atoms. The fourth-order valence-electron chi connectivity index (χ4n) is 3.52. The van der Waals surface area contributed by atoms with Gasteiger partial charge in [0, 0.05) is 34.1 Å². The summed E-state index contributed by atoms with van der Waals surface area (Å²) in [5, 5.41) is 0. The normalized spacial score (nSPS) is 12.9. The van der Waals surface area contributed by atoms with Gasteiger partial charge in [-0.05, 0) is 10.8 Å². The molecule has 0 radical (unpaired) electrons. The van der Waals surface area contributed by atoms with E-state index in [0.29, 0.717) is 11.8 Å². The van der Waals surface area contributed by atoms with Crippen molar-refractivity contribution in [1.82, 2.24) is 0 Å². The van der Waals surface area contributed by atoms with Gasteiger partial charge >= 0.3 is 0 Å². The molecule has 0 aliphatic rings. The molecule has 4 rings (SSSR count). The van der Waals surface area contributed by atoms with Gasteiger partial charge in [0.1, 0.15) is 0 Å². The summed E-state index contributed by atoms with van der Waals surface area (Å²) >= 11 is 0. The monoisotopic (exact) mass is 562 g/mol. The van der Waals surface area contributed by atoms with Crippen LogP contribution in [-0.2, 0) is 34.1 Å². The molecule has 2 unspecified atom stereocenters. The van der Waals surface area contributed by atoms with Crippen molar-refractivity contribution in [3.05, 3.63) is 145 Å². The second kappa shape index (κ2) is 17.4. The molecule has 0 nitrogen and oxygen atoms in total. The molecule has 4 aromatic rings. The molecule has 4 aromatic carbocycles. The summed E-state index contributed by atoms with van der Waals surface area (Å²) in [6, 6.07) is 37.6. The van der Waals surface area contributed by atoms with Gasteiger partial charge in [0.05, 0.1) is 0 Å². The van der Waals surface area contributed by atoms with Gasteiger partial charge in [-0.15, -0.1) is 6.08 Å². The zero-order chi connectivity index (χ0) is 24.9. The summed E-state index contributed by atoms with van der Waals surface area (Å²) in [5.74, 6) is 0.723. The third-order valence-corrected chi connectivity index (χ3v) is 5.25. The summed E-state index contributed by atoms with van der Waals surface area (Å²) in [6.07, 6.45) is 9.51. The Balaban J connectivity index is 0.000000842. The Hall–Kier alpha value is -2.08. The van der Waals surface area contributed by atoms with Crippen molar-refractivity contribution in [2.24, 2.45) is 10.8 Å². The molecule has 0 amide bonds. The van der Waals surface area contributed by atoms with Crippen LogP contribution < -0.4 is 0 Å². The fraction of sp³-hybridized carbons (Fsp3) is 0.294. The van der Waals surface area contributed by atoms with E-state index < -0.39 is 0 Å². The van der Waals surface area contributed by atoms with Crippen LogP contribution in [0.2, 0.25) is 0 Å². The van der Waals surface area contributed by atoms with Crippen molar-refractivity contribution in [1.29, 1.82) is 0 Å². The molecule has 0 saturated carbocycles. The molecule has 0 aliphatic heterocycles. The van der Waals surface area contributed by atoms with Gasteiger partial charge in [-0.2, -0.15) is 60.0 Å². The first-order valence-electron chi connectivity index (χ1n) is 12.3. The largest absolute Gasteiger partial charge is 0.748 e. The Morgan fingerprint density at radius 2 is 0.972 bits per heavy atom. The van der Waals surface area contributed by atoms with Crippen LogP contribution in [0.3, 0.4) is 0 Å². The minimum atomic E-state index is 0. The van der Waals surface area contributed by atoms with Crippen molar-refractivity contribution in [3.8, 4) is 0 Å². The van der Waals surface area contributed by atoms with Crippen LogP contribution in [-0.4, -0.2) is 0 Å². The second-order valence-electron chi connectivity index (χ2n) is 10.9. The average Bonchev–Trinajstić information content (AvgIpc) is 3.60. The van der Waals surface area contributed by atoms with Crippen LogP contribution in [0.15, 0.2) is 133 Å². The van der Waals surface area contributed by atoms with Gasteiger partial charge in [-0.3, -0.25) is 0 Å². The zero-order valence-electron chi connectivity index (χ0n) is 22.6. The third-order valence-electron chi connectivity index (χ3n) is 5.25. The van der Waals surface area contributed by atoms with Crippen molar-refractivity contribution in [2.75, 3.05) is 0 Å². The first-order chi connectivity index (χ1) is 16.2. The first-order valence-corrected chi connectivity index (χ1v) is 12.3. The Kier molecular flexibility index (Phi) is 16.4. The average molecular weight is 562 g/mol. The SMILES string of the molecule is CC(C)(C)C=CC([c-]1cccc1)C(C=CC(C)(C)C)[c-]1[cH-][cH-][cH-][cH-]1.[Fe].[Fe].c1cc[cH-]c1.c1cc[cH-]c1. The predicted molar refractivity (Wildman–Crippen MR) is 151 cm³/mol. The topological polar surface area (TPSA) is 0 Å². The fourth-order valence-corrected chi connectivity index (χ4v) is 3.52. The molecule has 0 aromatic heterocycles. The maximum Gasteiger partial charge on any atom is 0 e. The van der Waals surface area contributed by atoms with E-state index in [1.54, 1.807) is 0 Å². The number of hydrogen-bond donors (Lipinski definition) is 0. The molecule has 0 aliphatic carbocycles. The minimum absolute atomic E-state index is 0.